The Morgan fingerprint density at radius 3 is 2.50 bits per heavy atom. The third-order valence-electron chi connectivity index (χ3n) is 2.71. The molecule has 1 atom stereocenters. The lowest BCUT2D eigenvalue weighted by Crippen LogP contribution is -2.51. The maximum atomic E-state index is 11.8. The van der Waals surface area contributed by atoms with Gasteiger partial charge in [-0.3, -0.25) is 9.59 Å². The van der Waals surface area contributed by atoms with Crippen LogP contribution in [0.25, 0.3) is 6.08 Å². The molecule has 0 aliphatic rings. The molecular weight excluding hydrogens is 276 g/mol. The highest BCUT2D eigenvalue weighted by molar-refractivity contribution is 6.30. The van der Waals surface area contributed by atoms with Gasteiger partial charge in [0.1, 0.15) is 6.04 Å². The topological polar surface area (TPSA) is 72.2 Å². The van der Waals surface area contributed by atoms with Crippen molar-refractivity contribution in [1.82, 2.24) is 5.32 Å². The molecule has 0 radical (unpaired) electrons. The molecule has 108 valence electrons. The van der Waals surface area contributed by atoms with Crippen LogP contribution in [0.15, 0.2) is 30.3 Å². The number of hydrogen-bond acceptors (Lipinski definition) is 2. The summed E-state index contributed by atoms with van der Waals surface area (Å²) >= 11 is 5.85. The highest BCUT2D eigenvalue weighted by atomic mass is 35.5. The summed E-state index contributed by atoms with van der Waals surface area (Å²) in [5.41, 5.74) is 5.67. The molecule has 0 saturated heterocycles. The van der Waals surface area contributed by atoms with E-state index >= 15 is 0 Å². The van der Waals surface area contributed by atoms with Crippen molar-refractivity contribution in [3.63, 3.8) is 0 Å². The van der Waals surface area contributed by atoms with Crippen LogP contribution >= 0.6 is 11.6 Å². The Kier molecular flexibility index (Phi) is 5.34. The zero-order valence-electron chi connectivity index (χ0n) is 11.8. The van der Waals surface area contributed by atoms with E-state index in [1.807, 2.05) is 26.8 Å². The molecule has 0 bridgehead atoms. The summed E-state index contributed by atoms with van der Waals surface area (Å²) in [6, 6.07) is 6.38. The molecule has 0 heterocycles. The lowest BCUT2D eigenvalue weighted by Gasteiger charge is -2.28. The standard InChI is InChI=1S/C15H19ClN2O2/c1-15(2,3)13(14(17)20)18-12(19)8-7-10-5-4-6-11(16)9-10/h4-9,13H,1-3H3,(H2,17,20)(H,18,19)/b8-7-/t13-/m1/s1. The van der Waals surface area contributed by atoms with Crippen LogP contribution in [0.5, 0.6) is 0 Å². The summed E-state index contributed by atoms with van der Waals surface area (Å²) in [4.78, 5) is 23.2. The largest absolute Gasteiger partial charge is 0.368 e. The fraction of sp³-hybridized carbons (Fsp3) is 0.333. The second-order valence-electron chi connectivity index (χ2n) is 5.60. The summed E-state index contributed by atoms with van der Waals surface area (Å²) in [7, 11) is 0. The molecule has 0 spiro atoms. The maximum absolute atomic E-state index is 11.8. The van der Waals surface area contributed by atoms with E-state index in [-0.39, 0.29) is 5.91 Å². The molecule has 1 aromatic carbocycles. The number of halogens is 1. The maximum Gasteiger partial charge on any atom is 0.244 e. The van der Waals surface area contributed by atoms with Crippen LogP contribution in [0.2, 0.25) is 5.02 Å². The predicted molar refractivity (Wildman–Crippen MR) is 81.1 cm³/mol. The van der Waals surface area contributed by atoms with E-state index in [9.17, 15) is 9.59 Å². The lowest BCUT2D eigenvalue weighted by atomic mass is 9.86. The van der Waals surface area contributed by atoms with E-state index in [0.717, 1.165) is 5.56 Å². The molecule has 3 N–H and O–H groups in total. The molecule has 20 heavy (non-hydrogen) atoms. The van der Waals surface area contributed by atoms with Gasteiger partial charge in [-0.25, -0.2) is 0 Å². The number of benzene rings is 1. The van der Waals surface area contributed by atoms with Crippen LogP contribution in [0.4, 0.5) is 0 Å². The third kappa shape index (κ3) is 5.05. The Bertz CT molecular complexity index is 533. The van der Waals surface area contributed by atoms with Crippen molar-refractivity contribution in [1.29, 1.82) is 0 Å². The number of nitrogens with two attached hydrogens (primary N) is 1. The Morgan fingerprint density at radius 2 is 2.00 bits per heavy atom. The summed E-state index contributed by atoms with van der Waals surface area (Å²) in [6.07, 6.45) is 2.98. The molecule has 1 rings (SSSR count). The summed E-state index contributed by atoms with van der Waals surface area (Å²) in [5, 5.41) is 3.20. The second kappa shape index (κ2) is 6.57. The van der Waals surface area contributed by atoms with E-state index in [1.165, 1.54) is 6.08 Å². The van der Waals surface area contributed by atoms with Crippen molar-refractivity contribution in [3.05, 3.63) is 40.9 Å². The SMILES string of the molecule is CC(C)(C)[C@H](NC(=O)/C=C\c1cccc(Cl)c1)C(N)=O. The van der Waals surface area contributed by atoms with E-state index < -0.39 is 17.4 Å². The highest BCUT2D eigenvalue weighted by Crippen LogP contribution is 2.19. The van der Waals surface area contributed by atoms with E-state index in [0.29, 0.717) is 5.02 Å². The van der Waals surface area contributed by atoms with Gasteiger partial charge in [0.15, 0.2) is 0 Å². The minimum absolute atomic E-state index is 0.372. The van der Waals surface area contributed by atoms with Crippen molar-refractivity contribution >= 4 is 29.5 Å². The van der Waals surface area contributed by atoms with E-state index in [1.54, 1.807) is 24.3 Å². The van der Waals surface area contributed by atoms with Crippen molar-refractivity contribution in [2.75, 3.05) is 0 Å². The first kappa shape index (κ1) is 16.2. The smallest absolute Gasteiger partial charge is 0.244 e. The monoisotopic (exact) mass is 294 g/mol. The number of carbonyl (C=O) groups is 2. The molecule has 4 nitrogen and oxygen atoms in total. The average Bonchev–Trinajstić information content (AvgIpc) is 2.31. The van der Waals surface area contributed by atoms with Gasteiger partial charge >= 0.3 is 0 Å². The quantitative estimate of drug-likeness (QED) is 0.837. The van der Waals surface area contributed by atoms with Gasteiger partial charge in [-0.15, -0.1) is 0 Å². The predicted octanol–water partition coefficient (Wildman–Crippen LogP) is 2.37. The van der Waals surface area contributed by atoms with Gasteiger partial charge in [0.2, 0.25) is 11.8 Å². The van der Waals surface area contributed by atoms with Crippen molar-refractivity contribution < 1.29 is 9.59 Å². The molecule has 0 aliphatic carbocycles. The Labute approximate surface area is 124 Å². The van der Waals surface area contributed by atoms with Gasteiger partial charge in [0.25, 0.3) is 0 Å². The van der Waals surface area contributed by atoms with Crippen LogP contribution in [0, 0.1) is 5.41 Å². The number of amides is 2. The molecule has 2 amide bonds. The summed E-state index contributed by atoms with van der Waals surface area (Å²) in [6.45, 7) is 5.51. The fourth-order valence-corrected chi connectivity index (χ4v) is 1.89. The van der Waals surface area contributed by atoms with Gasteiger partial charge in [-0.1, -0.05) is 44.5 Å². The van der Waals surface area contributed by atoms with E-state index in [4.69, 9.17) is 17.3 Å². The van der Waals surface area contributed by atoms with E-state index in [2.05, 4.69) is 5.32 Å². The molecular formula is C15H19ClN2O2. The van der Waals surface area contributed by atoms with Gasteiger partial charge in [0, 0.05) is 11.1 Å². The first-order valence-electron chi connectivity index (χ1n) is 6.23. The third-order valence-corrected chi connectivity index (χ3v) is 2.95. The van der Waals surface area contributed by atoms with Gasteiger partial charge in [-0.05, 0) is 29.2 Å². The molecule has 5 heteroatoms. The van der Waals surface area contributed by atoms with Gasteiger partial charge < -0.3 is 11.1 Å². The minimum atomic E-state index is -0.723. The lowest BCUT2D eigenvalue weighted by molar-refractivity contribution is -0.127. The molecule has 0 fully saturated rings. The average molecular weight is 295 g/mol. The first-order chi connectivity index (χ1) is 9.20. The normalized spacial score (nSPS) is 13.2. The molecule has 0 aliphatic heterocycles. The minimum Gasteiger partial charge on any atom is -0.368 e. The van der Waals surface area contributed by atoms with Gasteiger partial charge in [-0.2, -0.15) is 0 Å². The Balaban J connectivity index is 2.74. The van der Waals surface area contributed by atoms with Crippen molar-refractivity contribution in [2.45, 2.75) is 26.8 Å². The molecule has 0 saturated carbocycles. The van der Waals surface area contributed by atoms with Crippen LogP contribution < -0.4 is 11.1 Å². The number of nitrogens with one attached hydrogen (secondary N) is 1. The van der Waals surface area contributed by atoms with Gasteiger partial charge in [0.05, 0.1) is 0 Å². The zero-order valence-corrected chi connectivity index (χ0v) is 12.6. The number of primary amides is 1. The molecule has 0 unspecified atom stereocenters. The summed E-state index contributed by atoms with van der Waals surface area (Å²) < 4.78 is 0. The van der Waals surface area contributed by atoms with Crippen molar-refractivity contribution in [3.8, 4) is 0 Å². The van der Waals surface area contributed by atoms with Crippen LogP contribution in [-0.2, 0) is 9.59 Å². The van der Waals surface area contributed by atoms with Crippen molar-refractivity contribution in [2.24, 2.45) is 11.1 Å². The number of carbonyl (C=O) groups excluding carboxylic acids is 2. The molecule has 0 aromatic heterocycles. The number of hydrogen-bond donors (Lipinski definition) is 2. The second-order valence-corrected chi connectivity index (χ2v) is 6.03. The molecule has 1 aromatic rings. The van der Waals surface area contributed by atoms with Crippen LogP contribution in [0.1, 0.15) is 26.3 Å². The Hall–Kier alpha value is -1.81. The Morgan fingerprint density at radius 1 is 1.35 bits per heavy atom. The highest BCUT2D eigenvalue weighted by Gasteiger charge is 2.30. The zero-order chi connectivity index (χ0) is 15.3. The first-order valence-corrected chi connectivity index (χ1v) is 6.61. The van der Waals surface area contributed by atoms with Crippen LogP contribution in [-0.4, -0.2) is 17.9 Å². The fourth-order valence-electron chi connectivity index (χ4n) is 1.69. The summed E-state index contributed by atoms with van der Waals surface area (Å²) in [5.74, 6) is -0.925. The number of rotatable bonds is 4. The van der Waals surface area contributed by atoms with Crippen LogP contribution in [0.3, 0.4) is 0 Å².